The Labute approximate surface area is 119 Å². The molecule has 0 aromatic heterocycles. The summed E-state index contributed by atoms with van der Waals surface area (Å²) in [6.45, 7) is 1.53. The Kier molecular flexibility index (Phi) is 6.81. The molecule has 0 saturated carbocycles. The van der Waals surface area contributed by atoms with Crippen molar-refractivity contribution >= 4 is 18.3 Å². The second-order valence-corrected chi connectivity index (χ2v) is 4.67. The summed E-state index contributed by atoms with van der Waals surface area (Å²) in [5.74, 6) is -0.147. The van der Waals surface area contributed by atoms with Crippen molar-refractivity contribution in [3.63, 3.8) is 0 Å². The van der Waals surface area contributed by atoms with Gasteiger partial charge >= 0.3 is 0 Å². The Morgan fingerprint density at radius 3 is 2.68 bits per heavy atom. The molecule has 3 nitrogen and oxygen atoms in total. The fourth-order valence-electron chi connectivity index (χ4n) is 2.18. The van der Waals surface area contributed by atoms with Crippen LogP contribution in [0.15, 0.2) is 24.3 Å². The van der Waals surface area contributed by atoms with Crippen LogP contribution in [-0.4, -0.2) is 25.0 Å². The Morgan fingerprint density at radius 1 is 1.32 bits per heavy atom. The first kappa shape index (κ1) is 15.9. The first-order chi connectivity index (χ1) is 8.75. The number of carbonyl (C=O) groups is 1. The van der Waals surface area contributed by atoms with Crippen LogP contribution in [0.4, 0.5) is 4.39 Å². The zero-order chi connectivity index (χ0) is 12.8. The minimum absolute atomic E-state index is 0. The third kappa shape index (κ3) is 5.17. The largest absolute Gasteiger partial charge is 0.354 e. The Hall–Kier alpha value is -1.13. The maximum absolute atomic E-state index is 12.7. The first-order valence-corrected chi connectivity index (χ1v) is 6.51. The van der Waals surface area contributed by atoms with Crippen LogP contribution < -0.4 is 10.6 Å². The minimum atomic E-state index is -0.228. The van der Waals surface area contributed by atoms with Gasteiger partial charge in [0.15, 0.2) is 0 Å². The van der Waals surface area contributed by atoms with Crippen molar-refractivity contribution in [3.8, 4) is 0 Å². The van der Waals surface area contributed by atoms with Crippen molar-refractivity contribution in [1.82, 2.24) is 10.6 Å². The van der Waals surface area contributed by atoms with E-state index in [1.54, 1.807) is 12.1 Å². The molecule has 0 bridgehead atoms. The topological polar surface area (TPSA) is 41.1 Å². The van der Waals surface area contributed by atoms with Gasteiger partial charge in [-0.05, 0) is 43.5 Å². The van der Waals surface area contributed by atoms with Crippen LogP contribution in [-0.2, 0) is 11.2 Å². The van der Waals surface area contributed by atoms with Gasteiger partial charge in [-0.1, -0.05) is 18.6 Å². The predicted molar refractivity (Wildman–Crippen MR) is 76.0 cm³/mol. The molecule has 1 aromatic rings. The van der Waals surface area contributed by atoms with E-state index in [1.807, 2.05) is 0 Å². The van der Waals surface area contributed by atoms with Crippen molar-refractivity contribution < 1.29 is 9.18 Å². The average molecular weight is 287 g/mol. The molecule has 0 spiro atoms. The lowest BCUT2D eigenvalue weighted by Gasteiger charge is -2.22. The van der Waals surface area contributed by atoms with E-state index >= 15 is 0 Å². The highest BCUT2D eigenvalue weighted by Gasteiger charge is 2.19. The van der Waals surface area contributed by atoms with Crippen LogP contribution >= 0.6 is 12.4 Å². The molecule has 1 amide bonds. The zero-order valence-electron chi connectivity index (χ0n) is 10.8. The molecular weight excluding hydrogens is 267 g/mol. The van der Waals surface area contributed by atoms with E-state index in [1.165, 1.54) is 12.1 Å². The molecule has 1 saturated heterocycles. The number of hydrogen-bond donors (Lipinski definition) is 2. The lowest BCUT2D eigenvalue weighted by atomic mass is 10.0. The zero-order valence-corrected chi connectivity index (χ0v) is 11.6. The van der Waals surface area contributed by atoms with Gasteiger partial charge in [0.2, 0.25) is 5.91 Å². The summed E-state index contributed by atoms with van der Waals surface area (Å²) in [6.07, 6.45) is 3.92. The van der Waals surface area contributed by atoms with Gasteiger partial charge in [0.25, 0.3) is 0 Å². The number of nitrogens with one attached hydrogen (secondary N) is 2. The molecule has 2 rings (SSSR count). The van der Waals surface area contributed by atoms with Crippen LogP contribution in [0.2, 0.25) is 0 Å². The molecular formula is C14H20ClFN2O. The van der Waals surface area contributed by atoms with E-state index in [2.05, 4.69) is 10.6 Å². The maximum atomic E-state index is 12.7. The fraction of sp³-hybridized carbons (Fsp3) is 0.500. The van der Waals surface area contributed by atoms with Crippen LogP contribution in [0.1, 0.15) is 24.8 Å². The van der Waals surface area contributed by atoms with Crippen molar-refractivity contribution in [2.45, 2.75) is 31.7 Å². The lowest BCUT2D eigenvalue weighted by molar-refractivity contribution is -0.123. The maximum Gasteiger partial charge on any atom is 0.237 e. The van der Waals surface area contributed by atoms with Gasteiger partial charge in [-0.15, -0.1) is 12.4 Å². The van der Waals surface area contributed by atoms with Crippen LogP contribution in [0.3, 0.4) is 0 Å². The van der Waals surface area contributed by atoms with Gasteiger partial charge in [0.05, 0.1) is 6.04 Å². The second kappa shape index (κ2) is 8.12. The molecule has 1 aromatic carbocycles. The van der Waals surface area contributed by atoms with Gasteiger partial charge in [0, 0.05) is 6.54 Å². The van der Waals surface area contributed by atoms with E-state index < -0.39 is 0 Å². The van der Waals surface area contributed by atoms with Gasteiger partial charge in [0.1, 0.15) is 5.82 Å². The van der Waals surface area contributed by atoms with Gasteiger partial charge in [-0.3, -0.25) is 4.79 Å². The molecule has 1 aliphatic heterocycles. The van der Waals surface area contributed by atoms with Crippen LogP contribution in [0.25, 0.3) is 0 Å². The van der Waals surface area contributed by atoms with Gasteiger partial charge in [-0.25, -0.2) is 4.39 Å². The van der Waals surface area contributed by atoms with Crippen molar-refractivity contribution in [3.05, 3.63) is 35.6 Å². The summed E-state index contributed by atoms with van der Waals surface area (Å²) in [7, 11) is 0. The van der Waals surface area contributed by atoms with Crippen molar-refractivity contribution in [2.24, 2.45) is 0 Å². The molecule has 2 N–H and O–H groups in total. The van der Waals surface area contributed by atoms with E-state index in [0.717, 1.165) is 37.8 Å². The van der Waals surface area contributed by atoms with E-state index in [4.69, 9.17) is 0 Å². The number of benzene rings is 1. The smallest absolute Gasteiger partial charge is 0.237 e. The molecule has 19 heavy (non-hydrogen) atoms. The molecule has 1 atom stereocenters. The fourth-order valence-corrected chi connectivity index (χ4v) is 2.18. The Balaban J connectivity index is 0.00000180. The molecule has 1 aliphatic rings. The van der Waals surface area contributed by atoms with E-state index in [0.29, 0.717) is 6.54 Å². The van der Waals surface area contributed by atoms with E-state index in [9.17, 15) is 9.18 Å². The molecule has 5 heteroatoms. The second-order valence-electron chi connectivity index (χ2n) is 4.67. The number of carbonyl (C=O) groups excluding carboxylic acids is 1. The van der Waals surface area contributed by atoms with Crippen molar-refractivity contribution in [2.75, 3.05) is 13.1 Å². The quantitative estimate of drug-likeness (QED) is 0.889. The number of hydrogen-bond acceptors (Lipinski definition) is 2. The summed E-state index contributed by atoms with van der Waals surface area (Å²) in [5.41, 5.74) is 1.04. The van der Waals surface area contributed by atoms with Crippen LogP contribution in [0.5, 0.6) is 0 Å². The summed E-state index contributed by atoms with van der Waals surface area (Å²) in [5, 5.41) is 6.13. The van der Waals surface area contributed by atoms with Crippen molar-refractivity contribution in [1.29, 1.82) is 0 Å². The third-order valence-corrected chi connectivity index (χ3v) is 3.25. The minimum Gasteiger partial charge on any atom is -0.354 e. The first-order valence-electron chi connectivity index (χ1n) is 6.51. The van der Waals surface area contributed by atoms with Gasteiger partial charge < -0.3 is 10.6 Å². The molecule has 0 radical (unpaired) electrons. The normalized spacial score (nSPS) is 18.5. The average Bonchev–Trinajstić information content (AvgIpc) is 2.42. The monoisotopic (exact) mass is 286 g/mol. The predicted octanol–water partition coefficient (Wildman–Crippen LogP) is 2.05. The Morgan fingerprint density at radius 2 is 2.05 bits per heavy atom. The third-order valence-electron chi connectivity index (χ3n) is 3.25. The SMILES string of the molecule is Cl.O=C(NCCc1ccc(F)cc1)C1CCCCN1. The van der Waals surface area contributed by atoms with Crippen LogP contribution in [0, 0.1) is 5.82 Å². The number of amides is 1. The highest BCUT2D eigenvalue weighted by Crippen LogP contribution is 2.07. The standard InChI is InChI=1S/C14H19FN2O.ClH/c15-12-6-4-11(5-7-12)8-10-17-14(18)13-3-1-2-9-16-13;/h4-7,13,16H,1-3,8-10H2,(H,17,18);1H. The Bertz CT molecular complexity index is 391. The van der Waals surface area contributed by atoms with Gasteiger partial charge in [-0.2, -0.15) is 0 Å². The summed E-state index contributed by atoms with van der Waals surface area (Å²) in [4.78, 5) is 11.8. The molecule has 1 fully saturated rings. The number of piperidine rings is 1. The summed E-state index contributed by atoms with van der Waals surface area (Å²) >= 11 is 0. The molecule has 0 aliphatic carbocycles. The lowest BCUT2D eigenvalue weighted by Crippen LogP contribution is -2.47. The van der Waals surface area contributed by atoms with E-state index in [-0.39, 0.29) is 30.2 Å². The summed E-state index contributed by atoms with van der Waals surface area (Å²) < 4.78 is 12.7. The highest BCUT2D eigenvalue weighted by atomic mass is 35.5. The number of halogens is 2. The number of rotatable bonds is 4. The molecule has 106 valence electrons. The highest BCUT2D eigenvalue weighted by molar-refractivity contribution is 5.85. The molecule has 1 heterocycles. The summed E-state index contributed by atoms with van der Waals surface area (Å²) in [6, 6.07) is 6.35. The molecule has 1 unspecified atom stereocenters.